The minimum Gasteiger partial charge on any atom is -0.478 e. The standard InChI is InChI=1S/C14H14N2O3/c1-8-7-12(14(18)19)9(2)16(8)11-5-3-10(4-6-11)13(15)17/h3-7H,1-2H3,(H2,15,17)(H,18,19). The molecular formula is C14H14N2O3. The van der Waals surface area contributed by atoms with Crippen LogP contribution in [0.4, 0.5) is 0 Å². The molecule has 0 atom stereocenters. The molecule has 0 radical (unpaired) electrons. The topological polar surface area (TPSA) is 85.3 Å². The number of hydrogen-bond donors (Lipinski definition) is 2. The smallest absolute Gasteiger partial charge is 0.337 e. The van der Waals surface area contributed by atoms with Crippen molar-refractivity contribution < 1.29 is 14.7 Å². The molecule has 98 valence electrons. The number of primary amides is 1. The van der Waals surface area contributed by atoms with Crippen LogP contribution < -0.4 is 5.73 Å². The van der Waals surface area contributed by atoms with E-state index < -0.39 is 11.9 Å². The minimum atomic E-state index is -0.951. The van der Waals surface area contributed by atoms with E-state index in [1.165, 1.54) is 0 Å². The molecule has 1 amide bonds. The van der Waals surface area contributed by atoms with Gasteiger partial charge in [0.15, 0.2) is 0 Å². The van der Waals surface area contributed by atoms with Crippen LogP contribution in [0.5, 0.6) is 0 Å². The van der Waals surface area contributed by atoms with E-state index in [-0.39, 0.29) is 5.56 Å². The second kappa shape index (κ2) is 4.61. The molecule has 0 saturated heterocycles. The lowest BCUT2D eigenvalue weighted by atomic mass is 10.2. The molecule has 1 aromatic carbocycles. The number of aromatic nitrogens is 1. The first kappa shape index (κ1) is 12.9. The first-order chi connectivity index (χ1) is 8.91. The summed E-state index contributed by atoms with van der Waals surface area (Å²) >= 11 is 0. The van der Waals surface area contributed by atoms with Crippen molar-refractivity contribution in [1.29, 1.82) is 0 Å². The van der Waals surface area contributed by atoms with Crippen LogP contribution >= 0.6 is 0 Å². The fourth-order valence-electron chi connectivity index (χ4n) is 2.15. The van der Waals surface area contributed by atoms with Crippen molar-refractivity contribution in [2.45, 2.75) is 13.8 Å². The molecule has 0 aliphatic rings. The number of carbonyl (C=O) groups is 2. The molecule has 0 aliphatic heterocycles. The largest absolute Gasteiger partial charge is 0.478 e. The SMILES string of the molecule is Cc1cc(C(=O)O)c(C)n1-c1ccc(C(N)=O)cc1. The van der Waals surface area contributed by atoms with Crippen molar-refractivity contribution >= 4 is 11.9 Å². The summed E-state index contributed by atoms with van der Waals surface area (Å²) in [6.45, 7) is 3.58. The second-order valence-electron chi connectivity index (χ2n) is 4.34. The number of rotatable bonds is 3. The molecule has 1 heterocycles. The van der Waals surface area contributed by atoms with Gasteiger partial charge in [0.2, 0.25) is 5.91 Å². The van der Waals surface area contributed by atoms with Gasteiger partial charge in [0, 0.05) is 22.6 Å². The van der Waals surface area contributed by atoms with E-state index in [9.17, 15) is 9.59 Å². The predicted molar refractivity (Wildman–Crippen MR) is 70.7 cm³/mol. The van der Waals surface area contributed by atoms with Crippen LogP contribution in [-0.4, -0.2) is 21.6 Å². The number of nitrogens with two attached hydrogens (primary N) is 1. The molecule has 2 rings (SSSR count). The van der Waals surface area contributed by atoms with E-state index in [1.54, 1.807) is 37.3 Å². The van der Waals surface area contributed by atoms with Gasteiger partial charge in [-0.3, -0.25) is 4.79 Å². The van der Waals surface area contributed by atoms with Crippen molar-refractivity contribution in [2.75, 3.05) is 0 Å². The molecule has 0 spiro atoms. The Morgan fingerprint density at radius 2 is 1.74 bits per heavy atom. The molecule has 3 N–H and O–H groups in total. The first-order valence-corrected chi connectivity index (χ1v) is 5.74. The van der Waals surface area contributed by atoms with Crippen molar-refractivity contribution in [2.24, 2.45) is 5.73 Å². The molecule has 2 aromatic rings. The van der Waals surface area contributed by atoms with Crippen molar-refractivity contribution in [3.63, 3.8) is 0 Å². The number of aromatic carboxylic acids is 1. The van der Waals surface area contributed by atoms with Crippen LogP contribution in [0.25, 0.3) is 5.69 Å². The zero-order valence-electron chi connectivity index (χ0n) is 10.7. The summed E-state index contributed by atoms with van der Waals surface area (Å²) in [5.74, 6) is -1.44. The molecule has 5 nitrogen and oxygen atoms in total. The van der Waals surface area contributed by atoms with Gasteiger partial charge in [-0.2, -0.15) is 0 Å². The third-order valence-corrected chi connectivity index (χ3v) is 3.07. The van der Waals surface area contributed by atoms with E-state index in [1.807, 2.05) is 11.5 Å². The number of carbonyl (C=O) groups excluding carboxylic acids is 1. The number of carboxylic acids is 1. The van der Waals surface area contributed by atoms with Gasteiger partial charge in [-0.1, -0.05) is 0 Å². The van der Waals surface area contributed by atoms with E-state index in [0.717, 1.165) is 11.4 Å². The molecule has 0 aliphatic carbocycles. The van der Waals surface area contributed by atoms with Crippen LogP contribution in [0.2, 0.25) is 0 Å². The number of amides is 1. The molecule has 0 unspecified atom stereocenters. The summed E-state index contributed by atoms with van der Waals surface area (Å²) in [7, 11) is 0. The Bertz CT molecular complexity index is 654. The fourth-order valence-corrected chi connectivity index (χ4v) is 2.15. The summed E-state index contributed by atoms with van der Waals surface area (Å²) in [5.41, 5.74) is 8.15. The summed E-state index contributed by atoms with van der Waals surface area (Å²) in [5, 5.41) is 9.09. The van der Waals surface area contributed by atoms with Crippen LogP contribution in [0, 0.1) is 13.8 Å². The Labute approximate surface area is 110 Å². The summed E-state index contributed by atoms with van der Waals surface area (Å²) in [4.78, 5) is 22.1. The molecule has 0 saturated carbocycles. The highest BCUT2D eigenvalue weighted by molar-refractivity contribution is 5.93. The van der Waals surface area contributed by atoms with Gasteiger partial charge >= 0.3 is 5.97 Å². The first-order valence-electron chi connectivity index (χ1n) is 5.74. The summed E-state index contributed by atoms with van der Waals surface area (Å²) < 4.78 is 1.83. The molecular weight excluding hydrogens is 244 g/mol. The lowest BCUT2D eigenvalue weighted by molar-refractivity contribution is 0.0696. The van der Waals surface area contributed by atoms with Crippen LogP contribution in [0.1, 0.15) is 32.1 Å². The number of aryl methyl sites for hydroxylation is 1. The Kier molecular flexibility index (Phi) is 3.12. The lowest BCUT2D eigenvalue weighted by Gasteiger charge is -2.09. The van der Waals surface area contributed by atoms with Crippen LogP contribution in [-0.2, 0) is 0 Å². The number of benzene rings is 1. The highest BCUT2D eigenvalue weighted by Gasteiger charge is 2.15. The molecule has 0 bridgehead atoms. The van der Waals surface area contributed by atoms with Gasteiger partial charge in [-0.05, 0) is 44.2 Å². The lowest BCUT2D eigenvalue weighted by Crippen LogP contribution is -2.11. The molecule has 19 heavy (non-hydrogen) atoms. The Balaban J connectivity index is 2.53. The normalized spacial score (nSPS) is 10.4. The predicted octanol–water partition coefficient (Wildman–Crippen LogP) is 1.89. The fraction of sp³-hybridized carbons (Fsp3) is 0.143. The molecule has 1 aromatic heterocycles. The van der Waals surface area contributed by atoms with Gasteiger partial charge < -0.3 is 15.4 Å². The average molecular weight is 258 g/mol. The number of carboxylic acid groups (broad SMARTS) is 1. The summed E-state index contributed by atoms with van der Waals surface area (Å²) in [6.07, 6.45) is 0. The zero-order chi connectivity index (χ0) is 14.2. The highest BCUT2D eigenvalue weighted by Crippen LogP contribution is 2.21. The maximum atomic E-state index is 11.1. The van der Waals surface area contributed by atoms with Gasteiger partial charge in [-0.25, -0.2) is 4.79 Å². The number of hydrogen-bond acceptors (Lipinski definition) is 2. The van der Waals surface area contributed by atoms with Gasteiger partial charge in [0.1, 0.15) is 0 Å². The summed E-state index contributed by atoms with van der Waals surface area (Å²) in [6, 6.07) is 8.35. The second-order valence-corrected chi connectivity index (χ2v) is 4.34. The van der Waals surface area contributed by atoms with E-state index in [0.29, 0.717) is 11.3 Å². The van der Waals surface area contributed by atoms with Gasteiger partial charge in [0.25, 0.3) is 0 Å². The number of nitrogens with zero attached hydrogens (tertiary/aromatic N) is 1. The van der Waals surface area contributed by atoms with Crippen LogP contribution in [0.3, 0.4) is 0 Å². The highest BCUT2D eigenvalue weighted by atomic mass is 16.4. The third-order valence-electron chi connectivity index (χ3n) is 3.07. The Morgan fingerprint density at radius 1 is 1.16 bits per heavy atom. The van der Waals surface area contributed by atoms with Crippen molar-refractivity contribution in [3.05, 3.63) is 52.8 Å². The third kappa shape index (κ3) is 2.22. The van der Waals surface area contributed by atoms with Crippen molar-refractivity contribution in [3.8, 4) is 5.69 Å². The Morgan fingerprint density at radius 3 is 2.16 bits per heavy atom. The maximum Gasteiger partial charge on any atom is 0.337 e. The quantitative estimate of drug-likeness (QED) is 0.881. The van der Waals surface area contributed by atoms with E-state index in [4.69, 9.17) is 10.8 Å². The molecule has 0 fully saturated rings. The van der Waals surface area contributed by atoms with E-state index >= 15 is 0 Å². The molecule has 5 heteroatoms. The van der Waals surface area contributed by atoms with Gasteiger partial charge in [0.05, 0.1) is 5.56 Å². The zero-order valence-corrected chi connectivity index (χ0v) is 10.7. The van der Waals surface area contributed by atoms with E-state index in [2.05, 4.69) is 0 Å². The van der Waals surface area contributed by atoms with Gasteiger partial charge in [-0.15, -0.1) is 0 Å². The van der Waals surface area contributed by atoms with Crippen molar-refractivity contribution in [1.82, 2.24) is 4.57 Å². The Hall–Kier alpha value is -2.56. The average Bonchev–Trinajstić information content (AvgIpc) is 2.65. The van der Waals surface area contributed by atoms with Crippen LogP contribution in [0.15, 0.2) is 30.3 Å². The maximum absolute atomic E-state index is 11.1. The monoisotopic (exact) mass is 258 g/mol. The minimum absolute atomic E-state index is 0.275.